The van der Waals surface area contributed by atoms with Crippen LogP contribution >= 0.6 is 0 Å². The average Bonchev–Trinajstić information content (AvgIpc) is 2.86. The second-order valence-electron chi connectivity index (χ2n) is 9.36. The topological polar surface area (TPSA) is 102 Å². The molecule has 37 heavy (non-hydrogen) atoms. The number of primary amides is 1. The first-order valence-electron chi connectivity index (χ1n) is 12.2. The number of hydrogen-bond acceptors (Lipinski definition) is 6. The molecule has 0 bridgehead atoms. The van der Waals surface area contributed by atoms with Crippen LogP contribution in [0.25, 0.3) is 0 Å². The molecule has 4 rings (SSSR count). The number of methoxy groups -OCH3 is 1. The maximum Gasteiger partial charge on any atom is 0.323 e. The molecule has 0 saturated carbocycles. The Bertz CT molecular complexity index is 1320. The molecule has 1 aliphatic heterocycles. The summed E-state index contributed by atoms with van der Waals surface area (Å²) in [6, 6.07) is 21.8. The van der Waals surface area contributed by atoms with Gasteiger partial charge in [-0.2, -0.15) is 8.42 Å². The number of likely N-dealkylation sites (tertiary alicyclic amines) is 1. The highest BCUT2D eigenvalue weighted by atomic mass is 32.2. The number of carbonyl (C=O) groups excluding carboxylic acids is 1. The average molecular weight is 524 g/mol. The zero-order chi connectivity index (χ0) is 26.4. The highest BCUT2D eigenvalue weighted by Gasteiger charge is 2.24. The van der Waals surface area contributed by atoms with Crippen molar-refractivity contribution in [2.24, 2.45) is 11.7 Å². The molecule has 0 unspecified atom stereocenters. The lowest BCUT2D eigenvalue weighted by molar-refractivity contribution is 0.177. The van der Waals surface area contributed by atoms with E-state index in [1.54, 1.807) is 43.5 Å². The van der Waals surface area contributed by atoms with E-state index in [1.165, 1.54) is 16.5 Å². The zero-order valence-corrected chi connectivity index (χ0v) is 22.0. The van der Waals surface area contributed by atoms with Crippen LogP contribution in [0.1, 0.15) is 24.0 Å². The first-order chi connectivity index (χ1) is 17.7. The molecule has 3 aromatic carbocycles. The normalized spacial score (nSPS) is 14.8. The van der Waals surface area contributed by atoms with Gasteiger partial charge in [0.15, 0.2) is 0 Å². The van der Waals surface area contributed by atoms with Gasteiger partial charge in [0.05, 0.1) is 24.7 Å². The molecule has 0 atom stereocenters. The standard InChI is InChI=1S/C28H33N3O5S/c1-35-25-10-6-9-24(19-25)31(28(29)32)27-12-11-26(36-37(2,33)34)18-23(27)20-30-15-13-22(14-16-30)17-21-7-4-3-5-8-21/h3-12,18-19,22H,13-17,20H2,1-2H3,(H2,29,32). The van der Waals surface area contributed by atoms with E-state index in [9.17, 15) is 13.2 Å². The summed E-state index contributed by atoms with van der Waals surface area (Å²) in [5.74, 6) is 1.38. The lowest BCUT2D eigenvalue weighted by atomic mass is 9.90. The van der Waals surface area contributed by atoms with Gasteiger partial charge in [-0.3, -0.25) is 9.80 Å². The second-order valence-corrected chi connectivity index (χ2v) is 10.9. The Morgan fingerprint density at radius 1 is 1.00 bits per heavy atom. The minimum absolute atomic E-state index is 0.190. The molecule has 1 aliphatic rings. The molecular weight excluding hydrogens is 490 g/mol. The quantitative estimate of drug-likeness (QED) is 0.408. The Kier molecular flexibility index (Phi) is 8.35. The summed E-state index contributed by atoms with van der Waals surface area (Å²) in [6.07, 6.45) is 4.17. The minimum Gasteiger partial charge on any atom is -0.497 e. The fraction of sp³-hybridized carbons (Fsp3) is 0.321. The molecule has 1 saturated heterocycles. The highest BCUT2D eigenvalue weighted by Crippen LogP contribution is 2.35. The van der Waals surface area contributed by atoms with E-state index in [-0.39, 0.29) is 5.75 Å². The SMILES string of the molecule is COc1cccc(N(C(N)=O)c2ccc(OS(C)(=O)=O)cc2CN2CCC(Cc3ccccc3)CC2)c1. The maximum absolute atomic E-state index is 12.6. The van der Waals surface area contributed by atoms with Crippen molar-refractivity contribution in [3.05, 3.63) is 83.9 Å². The molecular formula is C28H33N3O5S. The summed E-state index contributed by atoms with van der Waals surface area (Å²) in [6.45, 7) is 2.30. The van der Waals surface area contributed by atoms with Crippen molar-refractivity contribution in [3.63, 3.8) is 0 Å². The van der Waals surface area contributed by atoms with Crippen LogP contribution in [-0.4, -0.2) is 45.8 Å². The first kappa shape index (κ1) is 26.5. The number of hydrogen-bond donors (Lipinski definition) is 1. The van der Waals surface area contributed by atoms with Gasteiger partial charge in [0.2, 0.25) is 0 Å². The van der Waals surface area contributed by atoms with Gasteiger partial charge in [0.1, 0.15) is 11.5 Å². The van der Waals surface area contributed by atoms with E-state index in [4.69, 9.17) is 14.7 Å². The number of amides is 2. The van der Waals surface area contributed by atoms with Crippen molar-refractivity contribution in [1.29, 1.82) is 0 Å². The third kappa shape index (κ3) is 7.24. The van der Waals surface area contributed by atoms with Gasteiger partial charge < -0.3 is 14.7 Å². The van der Waals surface area contributed by atoms with Crippen molar-refractivity contribution in [2.45, 2.75) is 25.8 Å². The molecule has 9 heteroatoms. The van der Waals surface area contributed by atoms with Gasteiger partial charge in [-0.1, -0.05) is 36.4 Å². The lowest BCUT2D eigenvalue weighted by Gasteiger charge is -2.33. The number of urea groups is 1. The number of anilines is 2. The zero-order valence-electron chi connectivity index (χ0n) is 21.2. The number of nitrogens with zero attached hydrogens (tertiary/aromatic N) is 2. The molecule has 1 heterocycles. The monoisotopic (exact) mass is 523 g/mol. The smallest absolute Gasteiger partial charge is 0.323 e. The first-order valence-corrected chi connectivity index (χ1v) is 14.1. The Hall–Kier alpha value is -3.56. The van der Waals surface area contributed by atoms with E-state index in [2.05, 4.69) is 29.2 Å². The minimum atomic E-state index is -3.71. The van der Waals surface area contributed by atoms with Crippen molar-refractivity contribution in [2.75, 3.05) is 31.4 Å². The molecule has 0 aromatic heterocycles. The van der Waals surface area contributed by atoms with E-state index in [0.29, 0.717) is 29.6 Å². The number of piperidine rings is 1. The molecule has 0 radical (unpaired) electrons. The number of carbonyl (C=O) groups is 1. The van der Waals surface area contributed by atoms with Crippen LogP contribution in [0.3, 0.4) is 0 Å². The predicted octanol–water partition coefficient (Wildman–Crippen LogP) is 4.71. The van der Waals surface area contributed by atoms with Crippen LogP contribution in [0.4, 0.5) is 16.2 Å². The van der Waals surface area contributed by atoms with Gasteiger partial charge >= 0.3 is 16.1 Å². The summed E-state index contributed by atoms with van der Waals surface area (Å²) in [5, 5.41) is 0. The Balaban J connectivity index is 1.59. The highest BCUT2D eigenvalue weighted by molar-refractivity contribution is 7.86. The molecule has 2 N–H and O–H groups in total. The van der Waals surface area contributed by atoms with Crippen molar-refractivity contribution in [1.82, 2.24) is 4.90 Å². The largest absolute Gasteiger partial charge is 0.497 e. The third-order valence-corrected chi connectivity index (χ3v) is 7.03. The molecule has 3 aromatic rings. The van der Waals surface area contributed by atoms with Gasteiger partial charge in [0, 0.05) is 12.6 Å². The summed E-state index contributed by atoms with van der Waals surface area (Å²) >= 11 is 0. The second kappa shape index (κ2) is 11.7. The van der Waals surface area contributed by atoms with Crippen molar-refractivity contribution >= 4 is 27.5 Å². The van der Waals surface area contributed by atoms with Crippen LogP contribution in [0.5, 0.6) is 11.5 Å². The van der Waals surface area contributed by atoms with Gasteiger partial charge in [0.25, 0.3) is 0 Å². The summed E-state index contributed by atoms with van der Waals surface area (Å²) in [4.78, 5) is 16.4. The van der Waals surface area contributed by atoms with Crippen molar-refractivity contribution in [3.8, 4) is 11.5 Å². The lowest BCUT2D eigenvalue weighted by Crippen LogP contribution is -2.36. The predicted molar refractivity (Wildman–Crippen MR) is 145 cm³/mol. The van der Waals surface area contributed by atoms with Crippen LogP contribution in [0.2, 0.25) is 0 Å². The van der Waals surface area contributed by atoms with Crippen LogP contribution in [0, 0.1) is 5.92 Å². The number of benzene rings is 3. The van der Waals surface area contributed by atoms with Crippen LogP contribution in [0.15, 0.2) is 72.8 Å². The van der Waals surface area contributed by atoms with Crippen LogP contribution in [-0.2, 0) is 23.1 Å². The maximum atomic E-state index is 12.6. The number of nitrogens with two attached hydrogens (primary N) is 1. The summed E-state index contributed by atoms with van der Waals surface area (Å²) in [7, 11) is -2.16. The van der Waals surface area contributed by atoms with Gasteiger partial charge in [-0.05, 0) is 79.7 Å². The Morgan fingerprint density at radius 3 is 2.38 bits per heavy atom. The van der Waals surface area contributed by atoms with Gasteiger partial charge in [-0.25, -0.2) is 4.79 Å². The molecule has 196 valence electrons. The summed E-state index contributed by atoms with van der Waals surface area (Å²) in [5.41, 5.74) is 9.03. The molecule has 8 nitrogen and oxygen atoms in total. The van der Waals surface area contributed by atoms with Gasteiger partial charge in [-0.15, -0.1) is 0 Å². The van der Waals surface area contributed by atoms with Crippen LogP contribution < -0.4 is 19.6 Å². The van der Waals surface area contributed by atoms with E-state index < -0.39 is 16.1 Å². The van der Waals surface area contributed by atoms with E-state index in [1.807, 2.05) is 6.07 Å². The number of rotatable bonds is 9. The fourth-order valence-corrected chi connectivity index (χ4v) is 5.26. The molecule has 2 amide bonds. The molecule has 0 aliphatic carbocycles. The summed E-state index contributed by atoms with van der Waals surface area (Å²) < 4.78 is 34.0. The Labute approximate surface area is 218 Å². The number of ether oxygens (including phenoxy) is 1. The van der Waals surface area contributed by atoms with E-state index in [0.717, 1.165) is 44.2 Å². The van der Waals surface area contributed by atoms with Crippen molar-refractivity contribution < 1.29 is 22.1 Å². The fourth-order valence-electron chi connectivity index (χ4n) is 4.80. The Morgan fingerprint density at radius 2 is 1.73 bits per heavy atom. The molecule has 0 spiro atoms. The third-order valence-electron chi connectivity index (χ3n) is 6.54. The molecule has 1 fully saturated rings. The van der Waals surface area contributed by atoms with E-state index >= 15 is 0 Å².